The van der Waals surface area contributed by atoms with Crippen molar-refractivity contribution in [1.29, 1.82) is 0 Å². The Labute approximate surface area is 160 Å². The monoisotopic (exact) mass is 372 g/mol. The smallest absolute Gasteiger partial charge is 0.242 e. The first-order valence-corrected chi connectivity index (χ1v) is 9.13. The van der Waals surface area contributed by atoms with Crippen LogP contribution in [0.5, 0.6) is 0 Å². The van der Waals surface area contributed by atoms with E-state index in [2.05, 4.69) is 5.32 Å². The SMILES string of the molecule is CC(C)NC(=O)[C@@H](C)N(Cc1ccccc1)C(=O)Cc1ccc(Cl)cc1. The number of hydrogen-bond acceptors (Lipinski definition) is 2. The fourth-order valence-corrected chi connectivity index (χ4v) is 2.77. The molecule has 0 saturated heterocycles. The van der Waals surface area contributed by atoms with Crippen molar-refractivity contribution in [2.45, 2.75) is 45.8 Å². The first-order chi connectivity index (χ1) is 12.4. The predicted octanol–water partition coefficient (Wildman–Crippen LogP) is 3.82. The molecule has 5 heteroatoms. The highest BCUT2D eigenvalue weighted by Crippen LogP contribution is 2.14. The molecule has 4 nitrogen and oxygen atoms in total. The Morgan fingerprint density at radius 3 is 2.15 bits per heavy atom. The van der Waals surface area contributed by atoms with Gasteiger partial charge in [0.1, 0.15) is 6.04 Å². The van der Waals surface area contributed by atoms with Crippen LogP contribution in [0.2, 0.25) is 5.02 Å². The lowest BCUT2D eigenvalue weighted by molar-refractivity contribution is -0.140. The second-order valence-electron chi connectivity index (χ2n) is 6.65. The van der Waals surface area contributed by atoms with Crippen LogP contribution in [-0.4, -0.2) is 28.8 Å². The van der Waals surface area contributed by atoms with Gasteiger partial charge in [-0.25, -0.2) is 0 Å². The fraction of sp³-hybridized carbons (Fsp3) is 0.333. The number of carbonyl (C=O) groups excluding carboxylic acids is 2. The lowest BCUT2D eigenvalue weighted by atomic mass is 10.1. The van der Waals surface area contributed by atoms with E-state index in [-0.39, 0.29) is 24.3 Å². The Morgan fingerprint density at radius 1 is 0.962 bits per heavy atom. The van der Waals surface area contributed by atoms with Crippen LogP contribution >= 0.6 is 11.6 Å². The third-order valence-corrected chi connectivity index (χ3v) is 4.31. The number of amides is 2. The summed E-state index contributed by atoms with van der Waals surface area (Å²) >= 11 is 5.91. The van der Waals surface area contributed by atoms with Crippen LogP contribution in [0.15, 0.2) is 54.6 Å². The summed E-state index contributed by atoms with van der Waals surface area (Å²) in [7, 11) is 0. The van der Waals surface area contributed by atoms with Gasteiger partial charge in [0, 0.05) is 17.6 Å². The van der Waals surface area contributed by atoms with Gasteiger partial charge in [-0.15, -0.1) is 0 Å². The predicted molar refractivity (Wildman–Crippen MR) is 105 cm³/mol. The van der Waals surface area contributed by atoms with E-state index >= 15 is 0 Å². The average molecular weight is 373 g/mol. The van der Waals surface area contributed by atoms with Crippen LogP contribution in [0.3, 0.4) is 0 Å². The summed E-state index contributed by atoms with van der Waals surface area (Å²) in [6, 6.07) is 16.4. The van der Waals surface area contributed by atoms with Gasteiger partial charge in [0.25, 0.3) is 0 Å². The summed E-state index contributed by atoms with van der Waals surface area (Å²) in [4.78, 5) is 27.0. The van der Waals surface area contributed by atoms with Gasteiger partial charge in [-0.2, -0.15) is 0 Å². The summed E-state index contributed by atoms with van der Waals surface area (Å²) in [5, 5.41) is 3.52. The molecule has 0 spiro atoms. The van der Waals surface area contributed by atoms with Crippen molar-refractivity contribution < 1.29 is 9.59 Å². The highest BCUT2D eigenvalue weighted by atomic mass is 35.5. The lowest BCUT2D eigenvalue weighted by Gasteiger charge is -2.29. The molecule has 1 atom stereocenters. The van der Waals surface area contributed by atoms with Crippen molar-refractivity contribution in [2.75, 3.05) is 0 Å². The molecule has 138 valence electrons. The molecular weight excluding hydrogens is 348 g/mol. The largest absolute Gasteiger partial charge is 0.352 e. The van der Waals surface area contributed by atoms with E-state index in [4.69, 9.17) is 11.6 Å². The number of benzene rings is 2. The van der Waals surface area contributed by atoms with E-state index < -0.39 is 6.04 Å². The van der Waals surface area contributed by atoms with Crippen LogP contribution in [0.1, 0.15) is 31.9 Å². The van der Waals surface area contributed by atoms with Gasteiger partial charge in [-0.05, 0) is 44.0 Å². The Kier molecular flexibility index (Phi) is 7.22. The molecule has 0 aromatic heterocycles. The van der Waals surface area contributed by atoms with Crippen LogP contribution in [0, 0.1) is 0 Å². The minimum Gasteiger partial charge on any atom is -0.352 e. The topological polar surface area (TPSA) is 49.4 Å². The molecule has 0 heterocycles. The van der Waals surface area contributed by atoms with E-state index in [1.165, 1.54) is 0 Å². The van der Waals surface area contributed by atoms with Crippen LogP contribution in [-0.2, 0) is 22.6 Å². The molecule has 0 radical (unpaired) electrons. The van der Waals surface area contributed by atoms with Crippen molar-refractivity contribution in [1.82, 2.24) is 10.2 Å². The van der Waals surface area contributed by atoms with Gasteiger partial charge in [-0.3, -0.25) is 9.59 Å². The van der Waals surface area contributed by atoms with Crippen molar-refractivity contribution >= 4 is 23.4 Å². The minimum atomic E-state index is -0.558. The maximum Gasteiger partial charge on any atom is 0.242 e. The molecule has 0 aliphatic heterocycles. The molecule has 2 aromatic rings. The molecule has 26 heavy (non-hydrogen) atoms. The quantitative estimate of drug-likeness (QED) is 0.803. The zero-order chi connectivity index (χ0) is 19.1. The Bertz CT molecular complexity index is 729. The van der Waals surface area contributed by atoms with Crippen LogP contribution in [0.25, 0.3) is 0 Å². The second-order valence-corrected chi connectivity index (χ2v) is 7.09. The Morgan fingerprint density at radius 2 is 1.58 bits per heavy atom. The standard InChI is InChI=1S/C21H25ClN2O2/c1-15(2)23-21(26)16(3)24(14-18-7-5-4-6-8-18)20(25)13-17-9-11-19(22)12-10-17/h4-12,15-16H,13-14H2,1-3H3,(H,23,26)/t16-/m1/s1. The zero-order valence-electron chi connectivity index (χ0n) is 15.4. The second kappa shape index (κ2) is 9.39. The summed E-state index contributed by atoms with van der Waals surface area (Å²) in [6.07, 6.45) is 0.225. The summed E-state index contributed by atoms with van der Waals surface area (Å²) in [5.41, 5.74) is 1.86. The molecule has 0 fully saturated rings. The van der Waals surface area contributed by atoms with Crippen molar-refractivity contribution in [2.24, 2.45) is 0 Å². The molecular formula is C21H25ClN2O2. The third kappa shape index (κ3) is 5.88. The average Bonchev–Trinajstić information content (AvgIpc) is 2.61. The van der Waals surface area contributed by atoms with E-state index in [9.17, 15) is 9.59 Å². The van der Waals surface area contributed by atoms with E-state index in [1.807, 2.05) is 56.3 Å². The summed E-state index contributed by atoms with van der Waals surface area (Å²) < 4.78 is 0. The molecule has 0 unspecified atom stereocenters. The van der Waals surface area contributed by atoms with Gasteiger partial charge in [0.05, 0.1) is 6.42 Å². The highest BCUT2D eigenvalue weighted by molar-refractivity contribution is 6.30. The van der Waals surface area contributed by atoms with Gasteiger partial charge >= 0.3 is 0 Å². The molecule has 2 amide bonds. The highest BCUT2D eigenvalue weighted by Gasteiger charge is 2.26. The van der Waals surface area contributed by atoms with Crippen molar-refractivity contribution in [3.8, 4) is 0 Å². The zero-order valence-corrected chi connectivity index (χ0v) is 16.2. The van der Waals surface area contributed by atoms with Crippen LogP contribution < -0.4 is 5.32 Å². The molecule has 0 aliphatic rings. The number of nitrogens with zero attached hydrogens (tertiary/aromatic N) is 1. The first-order valence-electron chi connectivity index (χ1n) is 8.75. The maximum atomic E-state index is 12.9. The fourth-order valence-electron chi connectivity index (χ4n) is 2.65. The van der Waals surface area contributed by atoms with E-state index in [0.29, 0.717) is 11.6 Å². The van der Waals surface area contributed by atoms with Crippen molar-refractivity contribution in [3.05, 3.63) is 70.7 Å². The number of hydrogen-bond donors (Lipinski definition) is 1. The van der Waals surface area contributed by atoms with Crippen LogP contribution in [0.4, 0.5) is 0 Å². The molecule has 0 saturated carbocycles. The number of nitrogens with one attached hydrogen (secondary N) is 1. The van der Waals surface area contributed by atoms with E-state index in [1.54, 1.807) is 24.0 Å². The number of halogens is 1. The molecule has 0 bridgehead atoms. The Hall–Kier alpha value is -2.33. The minimum absolute atomic E-state index is 0.0230. The summed E-state index contributed by atoms with van der Waals surface area (Å²) in [5.74, 6) is -0.247. The van der Waals surface area contributed by atoms with Gasteiger partial charge in [0.2, 0.25) is 11.8 Å². The van der Waals surface area contributed by atoms with Gasteiger partial charge < -0.3 is 10.2 Å². The third-order valence-electron chi connectivity index (χ3n) is 4.06. The normalized spacial score (nSPS) is 11.9. The molecule has 2 aromatic carbocycles. The lowest BCUT2D eigenvalue weighted by Crippen LogP contribution is -2.49. The number of rotatable bonds is 7. The molecule has 2 rings (SSSR count). The Balaban J connectivity index is 2.19. The maximum absolute atomic E-state index is 12.9. The summed E-state index contributed by atoms with van der Waals surface area (Å²) in [6.45, 7) is 5.96. The van der Waals surface area contributed by atoms with Crippen molar-refractivity contribution in [3.63, 3.8) is 0 Å². The molecule has 0 aliphatic carbocycles. The molecule has 1 N–H and O–H groups in total. The van der Waals surface area contributed by atoms with Gasteiger partial charge in [0.15, 0.2) is 0 Å². The first kappa shape index (κ1) is 20.0. The number of carbonyl (C=O) groups is 2. The van der Waals surface area contributed by atoms with E-state index in [0.717, 1.165) is 11.1 Å². The van der Waals surface area contributed by atoms with Gasteiger partial charge in [-0.1, -0.05) is 54.1 Å².